The number of nitriles is 1. The molecule has 0 aliphatic heterocycles. The minimum absolute atomic E-state index is 0.667. The van der Waals surface area contributed by atoms with Crippen molar-refractivity contribution in [1.29, 1.82) is 5.26 Å². The van der Waals surface area contributed by atoms with Gasteiger partial charge in [-0.1, -0.05) is 25.1 Å². The molecular formula is C11H9BrN. The van der Waals surface area contributed by atoms with Gasteiger partial charge in [0.2, 0.25) is 0 Å². The zero-order valence-corrected chi connectivity index (χ0v) is 8.93. The van der Waals surface area contributed by atoms with Crippen LogP contribution in [0.15, 0.2) is 35.3 Å². The Balaban J connectivity index is 3.29. The fourth-order valence-corrected chi connectivity index (χ4v) is 1.53. The van der Waals surface area contributed by atoms with Gasteiger partial charge in [-0.25, -0.2) is 0 Å². The van der Waals surface area contributed by atoms with Crippen molar-refractivity contribution < 1.29 is 0 Å². The van der Waals surface area contributed by atoms with E-state index in [1.165, 1.54) is 0 Å². The Bertz CT molecular complexity index is 363. The number of hydrogen-bond donors (Lipinski definition) is 0. The first-order chi connectivity index (χ1) is 6.20. The molecule has 0 bridgehead atoms. The Hall–Kier alpha value is -1.07. The van der Waals surface area contributed by atoms with Crippen molar-refractivity contribution >= 4 is 15.9 Å². The summed E-state index contributed by atoms with van der Waals surface area (Å²) in [5, 5.41) is 8.92. The van der Waals surface area contributed by atoms with E-state index in [1.54, 1.807) is 6.08 Å². The van der Waals surface area contributed by atoms with Crippen LogP contribution in [-0.2, 0) is 0 Å². The van der Waals surface area contributed by atoms with E-state index in [0.717, 1.165) is 16.0 Å². The van der Waals surface area contributed by atoms with E-state index in [9.17, 15) is 0 Å². The van der Waals surface area contributed by atoms with E-state index in [1.807, 2.05) is 25.1 Å². The number of benzene rings is 1. The molecule has 0 saturated carbocycles. The van der Waals surface area contributed by atoms with Crippen molar-refractivity contribution in [2.75, 3.05) is 0 Å². The number of allylic oxidation sites excluding steroid dienone is 1. The van der Waals surface area contributed by atoms with Gasteiger partial charge >= 0.3 is 0 Å². The largest absolute Gasteiger partial charge is 0.192 e. The maximum Gasteiger partial charge on any atom is 0.101 e. The van der Waals surface area contributed by atoms with Gasteiger partial charge in [-0.2, -0.15) is 5.26 Å². The molecule has 0 fully saturated rings. The Labute approximate surface area is 86.8 Å². The van der Waals surface area contributed by atoms with Crippen LogP contribution in [0.5, 0.6) is 0 Å². The van der Waals surface area contributed by atoms with E-state index >= 15 is 0 Å². The summed E-state index contributed by atoms with van der Waals surface area (Å²) in [5.74, 6) is 1.01. The van der Waals surface area contributed by atoms with Gasteiger partial charge in [-0.15, -0.1) is 6.58 Å². The lowest BCUT2D eigenvalue weighted by Gasteiger charge is -2.08. The minimum Gasteiger partial charge on any atom is -0.192 e. The van der Waals surface area contributed by atoms with Gasteiger partial charge in [0.25, 0.3) is 0 Å². The zero-order chi connectivity index (χ0) is 9.84. The lowest BCUT2D eigenvalue weighted by atomic mass is 9.96. The van der Waals surface area contributed by atoms with Gasteiger partial charge in [0.05, 0.1) is 5.56 Å². The van der Waals surface area contributed by atoms with Crippen molar-refractivity contribution in [3.63, 3.8) is 0 Å². The van der Waals surface area contributed by atoms with E-state index in [2.05, 4.69) is 28.6 Å². The van der Waals surface area contributed by atoms with Gasteiger partial charge in [-0.05, 0) is 27.6 Å². The third-order valence-corrected chi connectivity index (χ3v) is 2.52. The smallest absolute Gasteiger partial charge is 0.101 e. The summed E-state index contributed by atoms with van der Waals surface area (Å²) in [4.78, 5) is 0. The lowest BCUT2D eigenvalue weighted by Crippen LogP contribution is -1.94. The fourth-order valence-electron chi connectivity index (χ4n) is 1.08. The fraction of sp³-hybridized carbons (Fsp3) is 0.0909. The normalized spacial score (nSPS) is 9.69. The molecule has 1 nitrogen and oxygen atoms in total. The van der Waals surface area contributed by atoms with Crippen LogP contribution in [0, 0.1) is 17.2 Å². The highest BCUT2D eigenvalue weighted by Gasteiger charge is 2.09. The third-order valence-electron chi connectivity index (χ3n) is 1.86. The molecule has 1 rings (SSSR count). The highest BCUT2D eigenvalue weighted by atomic mass is 79.9. The molecular weight excluding hydrogens is 226 g/mol. The van der Waals surface area contributed by atoms with Crippen LogP contribution >= 0.6 is 15.9 Å². The molecule has 0 aliphatic rings. The second kappa shape index (κ2) is 4.25. The second-order valence-corrected chi connectivity index (χ2v) is 3.52. The van der Waals surface area contributed by atoms with Crippen LogP contribution in [0.3, 0.4) is 0 Å². The molecule has 0 spiro atoms. The molecule has 0 heterocycles. The van der Waals surface area contributed by atoms with Crippen LogP contribution in [0.25, 0.3) is 0 Å². The molecule has 0 saturated heterocycles. The number of nitrogens with zero attached hydrogens (tertiary/aromatic N) is 1. The summed E-state index contributed by atoms with van der Waals surface area (Å²) in [6.07, 6.45) is 1.75. The third kappa shape index (κ3) is 1.99. The first kappa shape index (κ1) is 10.0. The van der Waals surface area contributed by atoms with Crippen LogP contribution in [-0.4, -0.2) is 0 Å². The summed E-state index contributed by atoms with van der Waals surface area (Å²) in [6, 6.07) is 7.85. The zero-order valence-electron chi connectivity index (χ0n) is 7.34. The predicted octanol–water partition coefficient (Wildman–Crippen LogP) is 3.45. The molecule has 0 atom stereocenters. The summed E-state index contributed by atoms with van der Waals surface area (Å²) in [6.45, 7) is 5.62. The SMILES string of the molecule is C=C[C](C)c1cccc(Br)c1C#N. The molecule has 13 heavy (non-hydrogen) atoms. The molecule has 0 aromatic heterocycles. The predicted molar refractivity (Wildman–Crippen MR) is 57.1 cm³/mol. The Morgan fingerprint density at radius 3 is 2.85 bits per heavy atom. The highest BCUT2D eigenvalue weighted by Crippen LogP contribution is 2.25. The average molecular weight is 235 g/mol. The first-order valence-corrected chi connectivity index (χ1v) is 4.65. The minimum atomic E-state index is 0.667. The highest BCUT2D eigenvalue weighted by molar-refractivity contribution is 9.10. The maximum atomic E-state index is 8.92. The second-order valence-electron chi connectivity index (χ2n) is 2.66. The van der Waals surface area contributed by atoms with E-state index in [4.69, 9.17) is 5.26 Å². The van der Waals surface area contributed by atoms with E-state index in [0.29, 0.717) is 5.56 Å². The molecule has 2 heteroatoms. The van der Waals surface area contributed by atoms with Gasteiger partial charge in [0.15, 0.2) is 0 Å². The summed E-state index contributed by atoms with van der Waals surface area (Å²) < 4.78 is 0.828. The first-order valence-electron chi connectivity index (χ1n) is 3.85. The van der Waals surface area contributed by atoms with Crippen LogP contribution in [0.2, 0.25) is 0 Å². The molecule has 1 aromatic rings. The Morgan fingerprint density at radius 2 is 2.31 bits per heavy atom. The molecule has 0 unspecified atom stereocenters. The van der Waals surface area contributed by atoms with Crippen molar-refractivity contribution in [2.24, 2.45) is 0 Å². The monoisotopic (exact) mass is 234 g/mol. The Kier molecular flexibility index (Phi) is 3.27. The van der Waals surface area contributed by atoms with Crippen LogP contribution < -0.4 is 0 Å². The average Bonchev–Trinajstić information content (AvgIpc) is 2.16. The van der Waals surface area contributed by atoms with Crippen molar-refractivity contribution in [2.45, 2.75) is 6.92 Å². The topological polar surface area (TPSA) is 23.8 Å². The van der Waals surface area contributed by atoms with Crippen molar-refractivity contribution in [1.82, 2.24) is 0 Å². The molecule has 1 aromatic carbocycles. The van der Waals surface area contributed by atoms with Gasteiger partial charge in [0, 0.05) is 10.4 Å². The molecule has 65 valence electrons. The quantitative estimate of drug-likeness (QED) is 0.770. The molecule has 0 N–H and O–H groups in total. The maximum absolute atomic E-state index is 8.92. The van der Waals surface area contributed by atoms with Crippen molar-refractivity contribution in [3.8, 4) is 6.07 Å². The molecule has 0 amide bonds. The van der Waals surface area contributed by atoms with Gasteiger partial charge < -0.3 is 0 Å². The van der Waals surface area contributed by atoms with Gasteiger partial charge in [-0.3, -0.25) is 0 Å². The van der Waals surface area contributed by atoms with Crippen LogP contribution in [0.1, 0.15) is 18.1 Å². The van der Waals surface area contributed by atoms with Crippen LogP contribution in [0.4, 0.5) is 0 Å². The standard InChI is InChI=1S/C11H9BrN/c1-3-8(2)9-5-4-6-11(12)10(9)7-13/h3-6H,1H2,2H3. The molecule has 1 radical (unpaired) electrons. The Morgan fingerprint density at radius 1 is 1.62 bits per heavy atom. The molecule has 0 aliphatic carbocycles. The summed E-state index contributed by atoms with van der Waals surface area (Å²) in [5.41, 5.74) is 1.60. The summed E-state index contributed by atoms with van der Waals surface area (Å²) >= 11 is 3.33. The number of rotatable bonds is 2. The number of halogens is 1. The van der Waals surface area contributed by atoms with Crippen molar-refractivity contribution in [3.05, 3.63) is 52.4 Å². The lowest BCUT2D eigenvalue weighted by molar-refractivity contribution is 1.23. The summed E-state index contributed by atoms with van der Waals surface area (Å²) in [7, 11) is 0. The van der Waals surface area contributed by atoms with E-state index in [-0.39, 0.29) is 0 Å². The van der Waals surface area contributed by atoms with E-state index < -0.39 is 0 Å². The number of hydrogen-bond acceptors (Lipinski definition) is 1. The van der Waals surface area contributed by atoms with Gasteiger partial charge in [0.1, 0.15) is 6.07 Å².